The molecule has 5 nitrogen and oxygen atoms in total. The quantitative estimate of drug-likeness (QED) is 0.860. The molecule has 0 fully saturated rings. The van der Waals surface area contributed by atoms with E-state index in [1.54, 1.807) is 13.0 Å². The Balaban J connectivity index is 2.49. The maximum absolute atomic E-state index is 12.5. The molecule has 1 aromatic heterocycles. The smallest absolute Gasteiger partial charge is 0.265 e. The molecule has 0 aliphatic heterocycles. The van der Waals surface area contributed by atoms with Crippen molar-refractivity contribution in [1.29, 1.82) is 0 Å². The van der Waals surface area contributed by atoms with Gasteiger partial charge in [-0.2, -0.15) is 0 Å². The first-order valence-electron chi connectivity index (χ1n) is 5.82. The molecule has 1 heterocycles. The molecule has 112 valence electrons. The van der Waals surface area contributed by atoms with E-state index in [0.29, 0.717) is 10.6 Å². The molecule has 0 amide bonds. The van der Waals surface area contributed by atoms with E-state index in [9.17, 15) is 8.42 Å². The Labute approximate surface area is 132 Å². The Morgan fingerprint density at radius 3 is 2.57 bits per heavy atom. The second kappa shape index (κ2) is 6.09. The lowest BCUT2D eigenvalue weighted by molar-refractivity contribution is 0.403. The zero-order valence-corrected chi connectivity index (χ0v) is 13.6. The van der Waals surface area contributed by atoms with Crippen molar-refractivity contribution in [3.63, 3.8) is 0 Å². The fourth-order valence-corrected chi connectivity index (χ4v) is 3.46. The van der Waals surface area contributed by atoms with Crippen LogP contribution >= 0.6 is 23.2 Å². The summed E-state index contributed by atoms with van der Waals surface area (Å²) in [7, 11) is -2.51. The number of hydrogen-bond acceptors (Lipinski definition) is 4. The average molecular weight is 347 g/mol. The number of nitrogens with one attached hydrogen (secondary N) is 1. The van der Waals surface area contributed by atoms with E-state index in [2.05, 4.69) is 9.71 Å². The maximum Gasteiger partial charge on any atom is 0.265 e. The van der Waals surface area contributed by atoms with Gasteiger partial charge in [0, 0.05) is 17.3 Å². The predicted molar refractivity (Wildman–Crippen MR) is 82.8 cm³/mol. The number of aryl methyl sites for hydroxylation is 1. The summed E-state index contributed by atoms with van der Waals surface area (Å²) in [6, 6.07) is 5.91. The summed E-state index contributed by atoms with van der Waals surface area (Å²) in [4.78, 5) is 3.83. The van der Waals surface area contributed by atoms with Crippen molar-refractivity contribution >= 4 is 38.9 Å². The normalized spacial score (nSPS) is 11.2. The van der Waals surface area contributed by atoms with Gasteiger partial charge in [-0.05, 0) is 30.7 Å². The van der Waals surface area contributed by atoms with Crippen LogP contribution in [0.1, 0.15) is 5.56 Å². The minimum atomic E-state index is -3.88. The summed E-state index contributed by atoms with van der Waals surface area (Å²) < 4.78 is 32.4. The number of ether oxygens (including phenoxy) is 1. The molecule has 1 N–H and O–H groups in total. The lowest BCUT2D eigenvalue weighted by atomic mass is 10.3. The highest BCUT2D eigenvalue weighted by molar-refractivity contribution is 7.92. The van der Waals surface area contributed by atoms with Gasteiger partial charge in [0.25, 0.3) is 10.0 Å². The first kappa shape index (κ1) is 15.9. The molecule has 8 heteroatoms. The number of sulfonamides is 1. The van der Waals surface area contributed by atoms with E-state index in [1.807, 2.05) is 0 Å². The van der Waals surface area contributed by atoms with Crippen molar-refractivity contribution in [2.24, 2.45) is 0 Å². The van der Waals surface area contributed by atoms with Crippen LogP contribution in [0.15, 0.2) is 35.4 Å². The van der Waals surface area contributed by atoms with Crippen molar-refractivity contribution in [3.8, 4) is 5.75 Å². The summed E-state index contributed by atoms with van der Waals surface area (Å²) in [5.41, 5.74) is 0.891. The molecule has 0 radical (unpaired) electrons. The summed E-state index contributed by atoms with van der Waals surface area (Å²) in [6.45, 7) is 1.73. The Bertz CT molecular complexity index is 759. The molecule has 0 aliphatic carbocycles. The molecule has 0 unspecified atom stereocenters. The summed E-state index contributed by atoms with van der Waals surface area (Å²) in [5, 5.41) is 0.452. The van der Waals surface area contributed by atoms with Gasteiger partial charge in [0.05, 0.1) is 12.8 Å². The minimum Gasteiger partial charge on any atom is -0.495 e. The fourth-order valence-electron chi connectivity index (χ4n) is 1.70. The number of hydrogen-bond donors (Lipinski definition) is 1. The second-order valence-corrected chi connectivity index (χ2v) is 6.64. The molecule has 0 atom stereocenters. The molecule has 1 aromatic carbocycles. The third kappa shape index (κ3) is 3.40. The van der Waals surface area contributed by atoms with Gasteiger partial charge < -0.3 is 4.74 Å². The minimum absolute atomic E-state index is 0.0336. The Kier molecular flexibility index (Phi) is 4.61. The van der Waals surface area contributed by atoms with Gasteiger partial charge in [0.1, 0.15) is 10.6 Å². The standard InChI is InChI=1S/C13H12Cl2N2O3S/c1-8-5-6-16-13(15)12(8)17-21(18,19)11-4-3-9(14)7-10(11)20-2/h3-7,17H,1-2H3. The molecule has 0 bridgehead atoms. The number of aromatic nitrogens is 1. The van der Waals surface area contributed by atoms with E-state index in [-0.39, 0.29) is 21.5 Å². The lowest BCUT2D eigenvalue weighted by Crippen LogP contribution is -2.15. The average Bonchev–Trinajstić information content (AvgIpc) is 2.42. The van der Waals surface area contributed by atoms with Crippen LogP contribution < -0.4 is 9.46 Å². The summed E-state index contributed by atoms with van der Waals surface area (Å²) in [6.07, 6.45) is 1.50. The summed E-state index contributed by atoms with van der Waals surface area (Å²) >= 11 is 11.8. The van der Waals surface area contributed by atoms with Gasteiger partial charge in [-0.1, -0.05) is 23.2 Å². The van der Waals surface area contributed by atoms with E-state index >= 15 is 0 Å². The van der Waals surface area contributed by atoms with E-state index in [4.69, 9.17) is 27.9 Å². The fraction of sp³-hybridized carbons (Fsp3) is 0.154. The summed E-state index contributed by atoms with van der Waals surface area (Å²) in [5.74, 6) is 0.146. The third-order valence-electron chi connectivity index (χ3n) is 2.76. The van der Waals surface area contributed by atoms with Crippen LogP contribution in [0.3, 0.4) is 0 Å². The van der Waals surface area contributed by atoms with Crippen LogP contribution in [0.2, 0.25) is 10.2 Å². The monoisotopic (exact) mass is 346 g/mol. The van der Waals surface area contributed by atoms with Gasteiger partial charge >= 0.3 is 0 Å². The highest BCUT2D eigenvalue weighted by Crippen LogP contribution is 2.31. The number of pyridine rings is 1. The largest absolute Gasteiger partial charge is 0.495 e. The molecule has 0 saturated heterocycles. The molecule has 0 spiro atoms. The van der Waals surface area contributed by atoms with Crippen molar-refractivity contribution in [2.75, 3.05) is 11.8 Å². The lowest BCUT2D eigenvalue weighted by Gasteiger charge is -2.13. The van der Waals surface area contributed by atoms with Gasteiger partial charge in [-0.25, -0.2) is 13.4 Å². The Morgan fingerprint density at radius 2 is 1.95 bits per heavy atom. The third-order valence-corrected chi connectivity index (χ3v) is 4.68. The van der Waals surface area contributed by atoms with Gasteiger partial charge in [0.15, 0.2) is 5.15 Å². The first-order chi connectivity index (χ1) is 9.85. The van der Waals surface area contributed by atoms with Crippen molar-refractivity contribution < 1.29 is 13.2 Å². The number of nitrogens with zero attached hydrogens (tertiary/aromatic N) is 1. The van der Waals surface area contributed by atoms with Crippen LogP contribution in [-0.4, -0.2) is 20.5 Å². The highest BCUT2D eigenvalue weighted by atomic mass is 35.5. The van der Waals surface area contributed by atoms with E-state index in [0.717, 1.165) is 0 Å². The topological polar surface area (TPSA) is 68.3 Å². The van der Waals surface area contributed by atoms with Crippen molar-refractivity contribution in [1.82, 2.24) is 4.98 Å². The van der Waals surface area contributed by atoms with E-state index in [1.165, 1.54) is 31.5 Å². The molecule has 2 aromatic rings. The van der Waals surface area contributed by atoms with Gasteiger partial charge in [-0.15, -0.1) is 0 Å². The number of anilines is 1. The first-order valence-corrected chi connectivity index (χ1v) is 8.06. The van der Waals surface area contributed by atoms with Crippen molar-refractivity contribution in [2.45, 2.75) is 11.8 Å². The molecule has 0 aliphatic rings. The van der Waals surface area contributed by atoms with Gasteiger partial charge in [-0.3, -0.25) is 4.72 Å². The molecule has 2 rings (SSSR count). The molecule has 21 heavy (non-hydrogen) atoms. The number of methoxy groups -OCH3 is 1. The molecular weight excluding hydrogens is 335 g/mol. The Morgan fingerprint density at radius 1 is 1.24 bits per heavy atom. The van der Waals surface area contributed by atoms with Crippen LogP contribution in [-0.2, 0) is 10.0 Å². The van der Waals surface area contributed by atoms with Crippen LogP contribution in [0, 0.1) is 6.92 Å². The van der Waals surface area contributed by atoms with Crippen LogP contribution in [0.5, 0.6) is 5.75 Å². The van der Waals surface area contributed by atoms with Crippen LogP contribution in [0.4, 0.5) is 5.69 Å². The van der Waals surface area contributed by atoms with Crippen molar-refractivity contribution in [3.05, 3.63) is 46.2 Å². The SMILES string of the molecule is COc1cc(Cl)ccc1S(=O)(=O)Nc1c(C)ccnc1Cl. The predicted octanol–water partition coefficient (Wildman–Crippen LogP) is 3.51. The number of benzene rings is 1. The molecule has 0 saturated carbocycles. The number of halogens is 2. The Hall–Kier alpha value is -1.50. The van der Waals surface area contributed by atoms with E-state index < -0.39 is 10.0 Å². The highest BCUT2D eigenvalue weighted by Gasteiger charge is 2.22. The zero-order valence-electron chi connectivity index (χ0n) is 11.2. The number of rotatable bonds is 4. The zero-order chi connectivity index (χ0) is 15.6. The van der Waals surface area contributed by atoms with Crippen LogP contribution in [0.25, 0.3) is 0 Å². The maximum atomic E-state index is 12.5. The van der Waals surface area contributed by atoms with Gasteiger partial charge in [0.2, 0.25) is 0 Å². The molecular formula is C13H12Cl2N2O3S. The second-order valence-electron chi connectivity index (χ2n) is 4.19.